The summed E-state index contributed by atoms with van der Waals surface area (Å²) in [5.74, 6) is 0.626. The molecule has 0 radical (unpaired) electrons. The number of nitrogens with one attached hydrogen (secondary N) is 1. The van der Waals surface area contributed by atoms with Crippen molar-refractivity contribution in [2.24, 2.45) is 5.41 Å². The van der Waals surface area contributed by atoms with Gasteiger partial charge in [0.15, 0.2) is 0 Å². The zero-order chi connectivity index (χ0) is 14.4. The molecular formula is C15H31NO2S. The van der Waals surface area contributed by atoms with Crippen LogP contribution in [0.2, 0.25) is 0 Å². The fourth-order valence-corrected chi connectivity index (χ4v) is 4.09. The maximum Gasteiger partial charge on any atom is 0.150 e. The normalized spacial score (nSPS) is 20.6. The molecule has 0 aliphatic heterocycles. The van der Waals surface area contributed by atoms with Crippen molar-refractivity contribution in [3.05, 3.63) is 0 Å². The molecule has 0 heterocycles. The summed E-state index contributed by atoms with van der Waals surface area (Å²) in [6.45, 7) is 7.34. The quantitative estimate of drug-likeness (QED) is 0.709. The minimum Gasteiger partial charge on any atom is -0.313 e. The van der Waals surface area contributed by atoms with E-state index < -0.39 is 9.84 Å². The highest BCUT2D eigenvalue weighted by molar-refractivity contribution is 7.91. The molecule has 0 spiro atoms. The molecule has 1 atom stereocenters. The Morgan fingerprint density at radius 3 is 2.37 bits per heavy atom. The highest BCUT2D eigenvalue weighted by Crippen LogP contribution is 2.41. The van der Waals surface area contributed by atoms with Crippen LogP contribution in [0.4, 0.5) is 0 Å². The van der Waals surface area contributed by atoms with E-state index in [1.807, 2.05) is 0 Å². The van der Waals surface area contributed by atoms with Crippen LogP contribution in [0.25, 0.3) is 0 Å². The standard InChI is InChI=1S/C15H31NO2S/c1-4-12-16-14(15(3)10-6-7-11-15)9-8-13-19(17,18)5-2/h14,16H,4-13H2,1-3H3. The summed E-state index contributed by atoms with van der Waals surface area (Å²) in [5.41, 5.74) is 0.380. The van der Waals surface area contributed by atoms with Crippen molar-refractivity contribution in [3.63, 3.8) is 0 Å². The van der Waals surface area contributed by atoms with Crippen molar-refractivity contribution in [2.75, 3.05) is 18.1 Å². The second-order valence-electron chi connectivity index (χ2n) is 6.25. The maximum absolute atomic E-state index is 11.6. The van der Waals surface area contributed by atoms with Crippen LogP contribution in [0, 0.1) is 5.41 Å². The predicted molar refractivity (Wildman–Crippen MR) is 82.2 cm³/mol. The van der Waals surface area contributed by atoms with Gasteiger partial charge in [-0.25, -0.2) is 8.42 Å². The molecule has 1 aliphatic carbocycles. The molecule has 1 N–H and O–H groups in total. The lowest BCUT2D eigenvalue weighted by molar-refractivity contribution is 0.209. The van der Waals surface area contributed by atoms with Crippen LogP contribution < -0.4 is 5.32 Å². The average molecular weight is 289 g/mol. The first-order chi connectivity index (χ1) is 8.93. The molecular weight excluding hydrogens is 258 g/mol. The lowest BCUT2D eigenvalue weighted by atomic mass is 9.78. The van der Waals surface area contributed by atoms with Gasteiger partial charge in [-0.1, -0.05) is 33.6 Å². The molecule has 1 aliphatic rings. The third-order valence-corrected chi connectivity index (χ3v) is 6.41. The molecule has 0 aromatic rings. The van der Waals surface area contributed by atoms with E-state index in [1.54, 1.807) is 6.92 Å². The summed E-state index contributed by atoms with van der Waals surface area (Å²) in [6.07, 6.45) is 8.16. The van der Waals surface area contributed by atoms with Crippen LogP contribution in [0.1, 0.15) is 65.7 Å². The SMILES string of the molecule is CCCNC(CCCS(=O)(=O)CC)C1(C)CCCC1. The van der Waals surface area contributed by atoms with Gasteiger partial charge in [0.05, 0.1) is 5.75 Å². The van der Waals surface area contributed by atoms with Gasteiger partial charge in [0.2, 0.25) is 0 Å². The topological polar surface area (TPSA) is 46.2 Å². The van der Waals surface area contributed by atoms with Crippen molar-refractivity contribution in [2.45, 2.75) is 71.8 Å². The van der Waals surface area contributed by atoms with Crippen molar-refractivity contribution >= 4 is 9.84 Å². The third kappa shape index (κ3) is 5.42. The van der Waals surface area contributed by atoms with Gasteiger partial charge in [-0.3, -0.25) is 0 Å². The monoisotopic (exact) mass is 289 g/mol. The average Bonchev–Trinajstić information content (AvgIpc) is 2.81. The van der Waals surface area contributed by atoms with Gasteiger partial charge in [-0.2, -0.15) is 0 Å². The molecule has 1 unspecified atom stereocenters. The smallest absolute Gasteiger partial charge is 0.150 e. The molecule has 1 rings (SSSR count). The first-order valence-electron chi connectivity index (χ1n) is 7.87. The van der Waals surface area contributed by atoms with Crippen LogP contribution in [-0.2, 0) is 9.84 Å². The molecule has 1 fully saturated rings. The number of rotatable bonds is 9. The van der Waals surface area contributed by atoms with Gasteiger partial charge in [0, 0.05) is 11.8 Å². The van der Waals surface area contributed by atoms with E-state index in [0.717, 1.165) is 25.8 Å². The highest BCUT2D eigenvalue weighted by Gasteiger charge is 2.36. The molecule has 0 aromatic carbocycles. The molecule has 0 amide bonds. The minimum absolute atomic E-state index is 0.275. The van der Waals surface area contributed by atoms with E-state index in [9.17, 15) is 8.42 Å². The van der Waals surface area contributed by atoms with Gasteiger partial charge in [-0.15, -0.1) is 0 Å². The van der Waals surface area contributed by atoms with E-state index >= 15 is 0 Å². The summed E-state index contributed by atoms with van der Waals surface area (Å²) < 4.78 is 23.2. The Kier molecular flexibility index (Phi) is 6.81. The van der Waals surface area contributed by atoms with Gasteiger partial charge < -0.3 is 5.32 Å². The van der Waals surface area contributed by atoms with E-state index in [2.05, 4.69) is 19.2 Å². The van der Waals surface area contributed by atoms with Crippen LogP contribution in [0.3, 0.4) is 0 Å². The van der Waals surface area contributed by atoms with Gasteiger partial charge in [0.25, 0.3) is 0 Å². The highest BCUT2D eigenvalue weighted by atomic mass is 32.2. The Hall–Kier alpha value is -0.0900. The molecule has 0 bridgehead atoms. The summed E-state index contributed by atoms with van der Waals surface area (Å²) >= 11 is 0. The Morgan fingerprint density at radius 2 is 1.84 bits per heavy atom. The van der Waals surface area contributed by atoms with Crippen molar-refractivity contribution in [3.8, 4) is 0 Å². The van der Waals surface area contributed by atoms with Crippen LogP contribution >= 0.6 is 0 Å². The van der Waals surface area contributed by atoms with E-state index in [-0.39, 0.29) is 5.75 Å². The summed E-state index contributed by atoms with van der Waals surface area (Å²) in [6, 6.07) is 0.488. The number of hydrogen-bond donors (Lipinski definition) is 1. The van der Waals surface area contributed by atoms with Crippen molar-refractivity contribution in [1.82, 2.24) is 5.32 Å². The molecule has 114 valence electrons. The van der Waals surface area contributed by atoms with E-state index in [4.69, 9.17) is 0 Å². The largest absolute Gasteiger partial charge is 0.313 e. The van der Waals surface area contributed by atoms with Crippen LogP contribution in [-0.4, -0.2) is 32.5 Å². The molecule has 3 nitrogen and oxygen atoms in total. The second kappa shape index (κ2) is 7.63. The minimum atomic E-state index is -2.81. The Bertz CT molecular complexity index is 345. The summed E-state index contributed by atoms with van der Waals surface area (Å²) in [7, 11) is -2.81. The number of sulfone groups is 1. The first-order valence-corrected chi connectivity index (χ1v) is 9.69. The van der Waals surface area contributed by atoms with Crippen LogP contribution in [0.5, 0.6) is 0 Å². The molecule has 19 heavy (non-hydrogen) atoms. The summed E-state index contributed by atoms with van der Waals surface area (Å²) in [4.78, 5) is 0. The van der Waals surface area contributed by atoms with Crippen LogP contribution in [0.15, 0.2) is 0 Å². The molecule has 4 heteroatoms. The van der Waals surface area contributed by atoms with Crippen molar-refractivity contribution in [1.29, 1.82) is 0 Å². The van der Waals surface area contributed by atoms with E-state index in [0.29, 0.717) is 17.2 Å². The van der Waals surface area contributed by atoms with Crippen molar-refractivity contribution < 1.29 is 8.42 Å². The Balaban J connectivity index is 2.50. The lowest BCUT2D eigenvalue weighted by Crippen LogP contribution is -2.42. The zero-order valence-electron chi connectivity index (χ0n) is 12.9. The Morgan fingerprint density at radius 1 is 1.21 bits per heavy atom. The predicted octanol–water partition coefficient (Wildman–Crippen LogP) is 3.15. The fourth-order valence-electron chi connectivity index (χ4n) is 3.20. The molecule has 0 saturated heterocycles. The molecule has 1 saturated carbocycles. The molecule has 0 aromatic heterocycles. The first kappa shape index (κ1) is 17.0. The maximum atomic E-state index is 11.6. The number of hydrogen-bond acceptors (Lipinski definition) is 3. The summed E-state index contributed by atoms with van der Waals surface area (Å²) in [5, 5.41) is 3.66. The van der Waals surface area contributed by atoms with Gasteiger partial charge in [-0.05, 0) is 44.1 Å². The Labute approximate surface area is 119 Å². The fraction of sp³-hybridized carbons (Fsp3) is 1.00. The van der Waals surface area contributed by atoms with Gasteiger partial charge in [0.1, 0.15) is 9.84 Å². The van der Waals surface area contributed by atoms with Gasteiger partial charge >= 0.3 is 0 Å². The second-order valence-corrected chi connectivity index (χ2v) is 8.72. The zero-order valence-corrected chi connectivity index (χ0v) is 13.7. The lowest BCUT2D eigenvalue weighted by Gasteiger charge is -2.35. The third-order valence-electron chi connectivity index (χ3n) is 4.62. The van der Waals surface area contributed by atoms with E-state index in [1.165, 1.54) is 25.7 Å².